The first kappa shape index (κ1) is 29.2. The molecular formula is C40H56Si. The molecule has 0 amide bonds. The maximum Gasteiger partial charge on any atom is 0.0771 e. The summed E-state index contributed by atoms with van der Waals surface area (Å²) in [6.07, 6.45) is 11.3. The van der Waals surface area contributed by atoms with Gasteiger partial charge in [-0.2, -0.15) is 0 Å². The Morgan fingerprint density at radius 1 is 0.610 bits per heavy atom. The van der Waals surface area contributed by atoms with E-state index in [1.165, 1.54) is 36.8 Å². The molecule has 0 aliphatic heterocycles. The Labute approximate surface area is 253 Å². The Morgan fingerprint density at radius 2 is 0.976 bits per heavy atom. The van der Waals surface area contributed by atoms with Crippen LogP contribution in [-0.4, -0.2) is 8.07 Å². The summed E-state index contributed by atoms with van der Waals surface area (Å²) >= 11 is 0. The van der Waals surface area contributed by atoms with Crippen molar-refractivity contribution in [3.63, 3.8) is 0 Å². The molecule has 0 nitrogen and oxygen atoms in total. The molecule has 0 atom stereocenters. The zero-order valence-corrected chi connectivity index (χ0v) is 29.6. The quantitative estimate of drug-likeness (QED) is 0.325. The van der Waals surface area contributed by atoms with E-state index in [2.05, 4.69) is 125 Å². The van der Waals surface area contributed by atoms with Crippen LogP contribution < -0.4 is 0 Å². The number of hydrogen-bond acceptors (Lipinski definition) is 0. The average Bonchev–Trinajstić information content (AvgIpc) is 3.48. The Hall–Kier alpha value is -1.86. The first-order chi connectivity index (χ1) is 18.7. The maximum atomic E-state index is 2.70. The van der Waals surface area contributed by atoms with Gasteiger partial charge in [-0.05, 0) is 104 Å². The van der Waals surface area contributed by atoms with Crippen LogP contribution in [0.1, 0.15) is 141 Å². The van der Waals surface area contributed by atoms with Gasteiger partial charge in [-0.3, -0.25) is 0 Å². The van der Waals surface area contributed by atoms with Gasteiger partial charge in [-0.25, -0.2) is 0 Å². The van der Waals surface area contributed by atoms with E-state index in [0.717, 1.165) is 6.42 Å². The SMILES string of the molecule is CC1(C)CCC(C)(C)c2cc3c(cc21)-c1cc2c(cc1C3C(C)(C)C1=CC([Si](C)(C)C)=CC1)C(C)(C)CCC2(C)C. The predicted octanol–water partition coefficient (Wildman–Crippen LogP) is 11.7. The third kappa shape index (κ3) is 4.34. The molecule has 0 fully saturated rings. The second-order valence-corrected chi connectivity index (χ2v) is 23.5. The third-order valence-corrected chi connectivity index (χ3v) is 14.3. The van der Waals surface area contributed by atoms with Crippen molar-refractivity contribution in [2.75, 3.05) is 0 Å². The molecular weight excluding hydrogens is 509 g/mol. The van der Waals surface area contributed by atoms with Gasteiger partial charge in [0.1, 0.15) is 0 Å². The zero-order chi connectivity index (χ0) is 30.1. The summed E-state index contributed by atoms with van der Waals surface area (Å²) in [7, 11) is -1.35. The smallest absolute Gasteiger partial charge is 0.0771 e. The van der Waals surface area contributed by atoms with Gasteiger partial charge in [0.05, 0.1) is 8.07 Å². The van der Waals surface area contributed by atoms with E-state index in [4.69, 9.17) is 0 Å². The lowest BCUT2D eigenvalue weighted by Gasteiger charge is -2.43. The summed E-state index contributed by atoms with van der Waals surface area (Å²) in [6, 6.07) is 10.7. The summed E-state index contributed by atoms with van der Waals surface area (Å²) in [4.78, 5) is 0. The third-order valence-electron chi connectivity index (χ3n) is 12.2. The maximum absolute atomic E-state index is 2.70. The van der Waals surface area contributed by atoms with Gasteiger partial charge in [-0.1, -0.05) is 136 Å². The van der Waals surface area contributed by atoms with Crippen LogP contribution in [0, 0.1) is 5.41 Å². The van der Waals surface area contributed by atoms with Crippen LogP contribution in [0.2, 0.25) is 19.6 Å². The van der Waals surface area contributed by atoms with Crippen LogP contribution >= 0.6 is 0 Å². The van der Waals surface area contributed by atoms with E-state index in [0.29, 0.717) is 5.92 Å². The van der Waals surface area contributed by atoms with Crippen LogP contribution in [0.4, 0.5) is 0 Å². The van der Waals surface area contributed by atoms with Crippen molar-refractivity contribution in [1.82, 2.24) is 0 Å². The van der Waals surface area contributed by atoms with Crippen LogP contribution in [0.3, 0.4) is 0 Å². The molecule has 6 rings (SSSR count). The van der Waals surface area contributed by atoms with Crippen LogP contribution in [0.25, 0.3) is 11.1 Å². The fourth-order valence-electron chi connectivity index (χ4n) is 8.83. The standard InChI is InChI=1S/C40H56Si/c1-36(2)16-18-38(5,6)33-23-29-27(21-31(33)36)28-22-32-34(39(7,8)19-17-37(32,3)4)24-30(28)35(29)40(9,10)25-14-15-26(20-25)41(11,12)13/h15,20-24,35H,14,16-19H2,1-13H3. The lowest BCUT2D eigenvalue weighted by molar-refractivity contribution is 0.329. The molecule has 2 aromatic rings. The minimum Gasteiger partial charge on any atom is -0.0812 e. The number of benzene rings is 2. The fourth-order valence-corrected chi connectivity index (χ4v) is 10.2. The second kappa shape index (κ2) is 8.61. The minimum absolute atomic E-state index is 0.0447. The zero-order valence-electron chi connectivity index (χ0n) is 28.6. The molecule has 41 heavy (non-hydrogen) atoms. The molecule has 1 heteroatoms. The summed E-state index contributed by atoms with van der Waals surface area (Å²) in [5.74, 6) is 0.380. The van der Waals surface area contributed by atoms with E-state index < -0.39 is 8.07 Å². The van der Waals surface area contributed by atoms with E-state index in [1.54, 1.807) is 44.2 Å². The van der Waals surface area contributed by atoms with Crippen LogP contribution in [-0.2, 0) is 21.7 Å². The van der Waals surface area contributed by atoms with Crippen LogP contribution in [0.5, 0.6) is 0 Å². The van der Waals surface area contributed by atoms with Gasteiger partial charge >= 0.3 is 0 Å². The van der Waals surface area contributed by atoms with Gasteiger partial charge in [0.2, 0.25) is 0 Å². The molecule has 2 aromatic carbocycles. The molecule has 0 radical (unpaired) electrons. The summed E-state index contributed by atoms with van der Waals surface area (Å²) in [6.45, 7) is 32.5. The predicted molar refractivity (Wildman–Crippen MR) is 182 cm³/mol. The average molecular weight is 565 g/mol. The molecule has 0 N–H and O–H groups in total. The van der Waals surface area contributed by atoms with Crippen molar-refractivity contribution < 1.29 is 0 Å². The highest BCUT2D eigenvalue weighted by Gasteiger charge is 2.47. The molecule has 0 bridgehead atoms. The first-order valence-electron chi connectivity index (χ1n) is 16.5. The minimum atomic E-state index is -1.35. The number of rotatable bonds is 3. The first-order valence-corrected chi connectivity index (χ1v) is 20.0. The van der Waals surface area contributed by atoms with E-state index in [-0.39, 0.29) is 27.1 Å². The van der Waals surface area contributed by atoms with Crippen molar-refractivity contribution in [3.8, 4) is 11.1 Å². The van der Waals surface area contributed by atoms with Crippen LogP contribution in [0.15, 0.2) is 47.2 Å². The Morgan fingerprint density at radius 3 is 1.32 bits per heavy atom. The van der Waals surface area contributed by atoms with E-state index >= 15 is 0 Å². The topological polar surface area (TPSA) is 0 Å². The van der Waals surface area contributed by atoms with Crippen molar-refractivity contribution in [3.05, 3.63) is 80.6 Å². The fraction of sp³-hybridized carbons (Fsp3) is 0.600. The van der Waals surface area contributed by atoms with Crippen molar-refractivity contribution in [2.24, 2.45) is 5.41 Å². The highest BCUT2D eigenvalue weighted by molar-refractivity contribution is 6.83. The van der Waals surface area contributed by atoms with E-state index in [9.17, 15) is 0 Å². The molecule has 0 saturated heterocycles. The number of hydrogen-bond donors (Lipinski definition) is 0. The van der Waals surface area contributed by atoms with Crippen molar-refractivity contribution in [2.45, 2.75) is 149 Å². The molecule has 0 unspecified atom stereocenters. The molecule has 0 saturated carbocycles. The molecule has 4 aliphatic carbocycles. The monoisotopic (exact) mass is 564 g/mol. The van der Waals surface area contributed by atoms with Crippen molar-refractivity contribution in [1.29, 1.82) is 0 Å². The number of allylic oxidation sites excluding steroid dienone is 4. The molecule has 0 spiro atoms. The highest BCUT2D eigenvalue weighted by Crippen LogP contribution is 2.61. The van der Waals surface area contributed by atoms with Gasteiger partial charge in [-0.15, -0.1) is 0 Å². The van der Waals surface area contributed by atoms with Gasteiger partial charge in [0.25, 0.3) is 0 Å². The van der Waals surface area contributed by atoms with E-state index in [1.807, 2.05) is 0 Å². The lowest BCUT2D eigenvalue weighted by atomic mass is 9.61. The summed E-state index contributed by atoms with van der Waals surface area (Å²) in [5.41, 5.74) is 15.2. The molecule has 220 valence electrons. The molecule has 0 heterocycles. The summed E-state index contributed by atoms with van der Waals surface area (Å²) < 4.78 is 0. The molecule has 0 aromatic heterocycles. The van der Waals surface area contributed by atoms with Gasteiger partial charge < -0.3 is 0 Å². The largest absolute Gasteiger partial charge is 0.0812 e. The van der Waals surface area contributed by atoms with Crippen molar-refractivity contribution >= 4 is 8.07 Å². The summed E-state index contributed by atoms with van der Waals surface area (Å²) in [5, 5.41) is 1.64. The normalized spacial score (nSPS) is 23.7. The number of fused-ring (bicyclic) bond motifs is 5. The van der Waals surface area contributed by atoms with Gasteiger partial charge in [0, 0.05) is 5.92 Å². The molecule has 4 aliphatic rings. The Balaban J connectivity index is 1.64. The second-order valence-electron chi connectivity index (χ2n) is 18.4. The Bertz CT molecular complexity index is 1420. The highest BCUT2D eigenvalue weighted by atomic mass is 28.3. The lowest BCUT2D eigenvalue weighted by Crippen LogP contribution is -2.34. The Kier molecular flexibility index (Phi) is 6.14. The van der Waals surface area contributed by atoms with Gasteiger partial charge in [0.15, 0.2) is 0 Å².